The molecule has 1 fully saturated rings. The normalized spacial score (nSPS) is 18.5. The molecule has 0 bridgehead atoms. The van der Waals surface area contributed by atoms with Gasteiger partial charge in [-0.2, -0.15) is 0 Å². The summed E-state index contributed by atoms with van der Waals surface area (Å²) in [6.45, 7) is 8.21. The number of nitrogens with zero attached hydrogens (tertiary/aromatic N) is 2. The first kappa shape index (κ1) is 9.66. The van der Waals surface area contributed by atoms with Crippen molar-refractivity contribution < 1.29 is 0 Å². The van der Waals surface area contributed by atoms with Crippen molar-refractivity contribution >= 4 is 0 Å². The summed E-state index contributed by atoms with van der Waals surface area (Å²) in [5.74, 6) is 1.51. The van der Waals surface area contributed by atoms with Crippen LogP contribution in [0.25, 0.3) is 0 Å². The fourth-order valence-electron chi connectivity index (χ4n) is 2.06. The molecule has 1 aliphatic heterocycles. The molecule has 1 aromatic heterocycles. The van der Waals surface area contributed by atoms with Crippen LogP contribution in [0.3, 0.4) is 0 Å². The Bertz CT molecular complexity index is 276. The van der Waals surface area contributed by atoms with Crippen molar-refractivity contribution in [1.29, 1.82) is 0 Å². The van der Waals surface area contributed by atoms with Crippen molar-refractivity contribution in [3.8, 4) is 0 Å². The third kappa shape index (κ3) is 2.13. The van der Waals surface area contributed by atoms with Crippen LogP contribution in [-0.4, -0.2) is 29.5 Å². The molecule has 0 amide bonds. The van der Waals surface area contributed by atoms with Crippen LogP contribution in [0.4, 0.5) is 0 Å². The van der Waals surface area contributed by atoms with Crippen LogP contribution in [0.1, 0.15) is 25.3 Å². The lowest BCUT2D eigenvalue weighted by atomic mass is 9.92. The quantitative estimate of drug-likeness (QED) is 0.726. The highest BCUT2D eigenvalue weighted by Gasteiger charge is 2.27. The summed E-state index contributed by atoms with van der Waals surface area (Å²) in [4.78, 5) is 6.67. The summed E-state index contributed by atoms with van der Waals surface area (Å²) < 4.78 is 0. The molecule has 0 N–H and O–H groups in total. The van der Waals surface area contributed by atoms with E-state index >= 15 is 0 Å². The molecule has 2 heteroatoms. The maximum atomic E-state index is 4.16. The summed E-state index contributed by atoms with van der Waals surface area (Å²) in [7, 11) is 0. The standard InChI is InChI=1S/C12H18N2/c1-10(2)7-14-8-12(9-14)11-4-3-5-13-6-11/h3-6,10,12H,7-9H2,1-2H3. The largest absolute Gasteiger partial charge is 0.302 e. The van der Waals surface area contributed by atoms with E-state index in [1.54, 1.807) is 0 Å². The lowest BCUT2D eigenvalue weighted by Crippen LogP contribution is -2.46. The second-order valence-corrected chi connectivity index (χ2v) is 4.60. The van der Waals surface area contributed by atoms with Gasteiger partial charge >= 0.3 is 0 Å². The van der Waals surface area contributed by atoms with Crippen molar-refractivity contribution in [2.24, 2.45) is 5.92 Å². The monoisotopic (exact) mass is 190 g/mol. The third-order valence-corrected chi connectivity index (χ3v) is 2.74. The van der Waals surface area contributed by atoms with E-state index in [4.69, 9.17) is 0 Å². The highest BCUT2D eigenvalue weighted by molar-refractivity contribution is 5.18. The van der Waals surface area contributed by atoms with Gasteiger partial charge in [0.1, 0.15) is 0 Å². The highest BCUT2D eigenvalue weighted by atomic mass is 15.2. The second-order valence-electron chi connectivity index (χ2n) is 4.60. The van der Waals surface area contributed by atoms with E-state index in [1.165, 1.54) is 25.2 Å². The molecule has 0 aliphatic carbocycles. The number of likely N-dealkylation sites (tertiary alicyclic amines) is 1. The Morgan fingerprint density at radius 3 is 2.86 bits per heavy atom. The molecule has 0 saturated carbocycles. The van der Waals surface area contributed by atoms with Gasteiger partial charge in [-0.15, -0.1) is 0 Å². The Morgan fingerprint density at radius 1 is 1.50 bits per heavy atom. The van der Waals surface area contributed by atoms with Crippen LogP contribution < -0.4 is 0 Å². The van der Waals surface area contributed by atoms with Crippen molar-refractivity contribution in [1.82, 2.24) is 9.88 Å². The maximum absolute atomic E-state index is 4.16. The van der Waals surface area contributed by atoms with Crippen LogP contribution >= 0.6 is 0 Å². The third-order valence-electron chi connectivity index (χ3n) is 2.74. The number of pyridine rings is 1. The molecular weight excluding hydrogens is 172 g/mol. The van der Waals surface area contributed by atoms with Crippen LogP contribution in [0, 0.1) is 5.92 Å². The molecule has 1 saturated heterocycles. The van der Waals surface area contributed by atoms with E-state index in [-0.39, 0.29) is 0 Å². The average molecular weight is 190 g/mol. The predicted octanol–water partition coefficient (Wildman–Crippen LogP) is 2.14. The van der Waals surface area contributed by atoms with E-state index in [0.717, 1.165) is 11.8 Å². The molecule has 1 aliphatic rings. The van der Waals surface area contributed by atoms with E-state index < -0.39 is 0 Å². The van der Waals surface area contributed by atoms with Crippen molar-refractivity contribution in [3.05, 3.63) is 30.1 Å². The number of rotatable bonds is 3. The van der Waals surface area contributed by atoms with Gasteiger partial charge in [-0.25, -0.2) is 0 Å². The molecular formula is C12H18N2. The zero-order chi connectivity index (χ0) is 9.97. The minimum absolute atomic E-state index is 0.724. The lowest BCUT2D eigenvalue weighted by Gasteiger charge is -2.40. The Morgan fingerprint density at radius 2 is 2.29 bits per heavy atom. The van der Waals surface area contributed by atoms with Crippen molar-refractivity contribution in [2.45, 2.75) is 19.8 Å². The van der Waals surface area contributed by atoms with Crippen LogP contribution in [0.15, 0.2) is 24.5 Å². The molecule has 0 spiro atoms. The first-order valence-electron chi connectivity index (χ1n) is 5.38. The van der Waals surface area contributed by atoms with Gasteiger partial charge in [-0.05, 0) is 17.5 Å². The maximum Gasteiger partial charge on any atom is 0.0303 e. The number of aromatic nitrogens is 1. The smallest absolute Gasteiger partial charge is 0.0303 e. The number of hydrogen-bond donors (Lipinski definition) is 0. The SMILES string of the molecule is CC(C)CN1CC(c2cccnc2)C1. The predicted molar refractivity (Wildman–Crippen MR) is 58.3 cm³/mol. The van der Waals surface area contributed by atoms with Crippen LogP contribution in [0.2, 0.25) is 0 Å². The van der Waals surface area contributed by atoms with Gasteiger partial charge in [0, 0.05) is 37.9 Å². The average Bonchev–Trinajstić information content (AvgIpc) is 2.12. The van der Waals surface area contributed by atoms with E-state index in [0.29, 0.717) is 0 Å². The van der Waals surface area contributed by atoms with Crippen LogP contribution in [-0.2, 0) is 0 Å². The second kappa shape index (κ2) is 4.09. The molecule has 0 aromatic carbocycles. The van der Waals surface area contributed by atoms with Gasteiger partial charge in [-0.3, -0.25) is 4.98 Å². The first-order valence-corrected chi connectivity index (χ1v) is 5.38. The summed E-state index contributed by atoms with van der Waals surface area (Å²) in [6.07, 6.45) is 3.84. The van der Waals surface area contributed by atoms with Crippen LogP contribution in [0.5, 0.6) is 0 Å². The van der Waals surface area contributed by atoms with Gasteiger partial charge in [-0.1, -0.05) is 19.9 Å². The summed E-state index contributed by atoms with van der Waals surface area (Å²) in [5.41, 5.74) is 1.40. The van der Waals surface area contributed by atoms with E-state index in [9.17, 15) is 0 Å². The summed E-state index contributed by atoms with van der Waals surface area (Å²) >= 11 is 0. The molecule has 2 heterocycles. The number of hydrogen-bond acceptors (Lipinski definition) is 2. The first-order chi connectivity index (χ1) is 6.75. The fraction of sp³-hybridized carbons (Fsp3) is 0.583. The van der Waals surface area contributed by atoms with E-state index in [1.807, 2.05) is 18.5 Å². The Balaban J connectivity index is 1.83. The van der Waals surface area contributed by atoms with Crippen molar-refractivity contribution in [2.75, 3.05) is 19.6 Å². The molecule has 2 nitrogen and oxygen atoms in total. The molecule has 2 rings (SSSR count). The summed E-state index contributed by atoms with van der Waals surface area (Å²) in [5, 5.41) is 0. The molecule has 1 aromatic rings. The van der Waals surface area contributed by atoms with Gasteiger partial charge in [0.15, 0.2) is 0 Å². The zero-order valence-electron chi connectivity index (χ0n) is 8.98. The topological polar surface area (TPSA) is 16.1 Å². The molecule has 14 heavy (non-hydrogen) atoms. The molecule has 76 valence electrons. The van der Waals surface area contributed by atoms with Gasteiger partial charge in [0.25, 0.3) is 0 Å². The minimum Gasteiger partial charge on any atom is -0.302 e. The summed E-state index contributed by atoms with van der Waals surface area (Å²) in [6, 6.07) is 4.21. The Hall–Kier alpha value is -0.890. The Kier molecular flexibility index (Phi) is 2.82. The fourth-order valence-corrected chi connectivity index (χ4v) is 2.06. The van der Waals surface area contributed by atoms with E-state index in [2.05, 4.69) is 29.8 Å². The Labute approximate surface area is 86.0 Å². The molecule has 0 unspecified atom stereocenters. The van der Waals surface area contributed by atoms with Gasteiger partial charge in [0.2, 0.25) is 0 Å². The van der Waals surface area contributed by atoms with Crippen molar-refractivity contribution in [3.63, 3.8) is 0 Å². The highest BCUT2D eigenvalue weighted by Crippen LogP contribution is 2.26. The zero-order valence-corrected chi connectivity index (χ0v) is 8.98. The lowest BCUT2D eigenvalue weighted by molar-refractivity contribution is 0.131. The molecule has 0 atom stereocenters. The van der Waals surface area contributed by atoms with Gasteiger partial charge in [0.05, 0.1) is 0 Å². The van der Waals surface area contributed by atoms with Gasteiger partial charge < -0.3 is 4.90 Å². The minimum atomic E-state index is 0.724. The molecule has 0 radical (unpaired) electrons.